The molecule has 0 aliphatic carbocycles. The normalized spacial score (nSPS) is 15.3. The summed E-state index contributed by atoms with van der Waals surface area (Å²) in [6.45, 7) is 18.5. The number of nitrogens with zero attached hydrogens (tertiary/aromatic N) is 4. The molecule has 0 amide bonds. The summed E-state index contributed by atoms with van der Waals surface area (Å²) in [5.74, 6) is -1.42. The molecule has 2 unspecified atom stereocenters. The third kappa shape index (κ3) is 17.4. The number of sulfonamides is 2. The van der Waals surface area contributed by atoms with Gasteiger partial charge in [-0.2, -0.15) is 8.75 Å². The lowest BCUT2D eigenvalue weighted by atomic mass is 10.0. The number of halogens is 2. The summed E-state index contributed by atoms with van der Waals surface area (Å²) in [6.07, 6.45) is 27.5. The maximum atomic E-state index is 17.4. The summed E-state index contributed by atoms with van der Waals surface area (Å²) in [6, 6.07) is 7.33. The minimum Gasteiger partial charge on any atom is -0.241 e. The van der Waals surface area contributed by atoms with Crippen LogP contribution >= 0.6 is 57.1 Å². The van der Waals surface area contributed by atoms with Crippen LogP contribution in [0.5, 0.6) is 0 Å². The van der Waals surface area contributed by atoms with Gasteiger partial charge in [0.15, 0.2) is 11.6 Å². The molecule has 6 aromatic rings. The van der Waals surface area contributed by atoms with Crippen LogP contribution in [-0.2, 0) is 32.9 Å². The highest BCUT2D eigenvalue weighted by Crippen LogP contribution is 2.50. The fourth-order valence-electron chi connectivity index (χ4n) is 12.1. The number of hydrogen-bond donors (Lipinski definition) is 2. The molecule has 1 aromatic carbocycles. The van der Waals surface area contributed by atoms with Gasteiger partial charge in [0, 0.05) is 50.3 Å². The summed E-state index contributed by atoms with van der Waals surface area (Å²) in [4.78, 5) is 16.4. The Morgan fingerprint density at radius 2 is 0.963 bits per heavy atom. The highest BCUT2D eigenvalue weighted by molar-refractivity contribution is 7.89. The molecule has 0 radical (unpaired) electrons. The molecule has 2 N–H and O–H groups in total. The van der Waals surface area contributed by atoms with Crippen LogP contribution in [0.15, 0.2) is 12.1 Å². The molecule has 0 fully saturated rings. The number of aryl methyl sites for hydroxylation is 4. The van der Waals surface area contributed by atoms with Gasteiger partial charge < -0.3 is 0 Å². The van der Waals surface area contributed by atoms with Crippen LogP contribution in [0.2, 0.25) is 12.1 Å². The molecule has 82 heavy (non-hydrogen) atoms. The van der Waals surface area contributed by atoms with Crippen molar-refractivity contribution in [2.24, 2.45) is 11.8 Å². The van der Waals surface area contributed by atoms with Crippen molar-refractivity contribution in [3.63, 3.8) is 0 Å². The molecule has 2 atom stereocenters. The van der Waals surface area contributed by atoms with Gasteiger partial charge in [0.2, 0.25) is 20.0 Å². The summed E-state index contributed by atoms with van der Waals surface area (Å²) >= 11 is 6.97. The molecule has 0 spiro atoms. The topological polar surface area (TPSA) is 144 Å². The first-order chi connectivity index (χ1) is 39.5. The molecule has 1 aliphatic rings. The largest absolute Gasteiger partial charge is 0.241 e. The third-order valence-electron chi connectivity index (χ3n) is 16.9. The highest BCUT2D eigenvalue weighted by Gasteiger charge is 2.50. The van der Waals surface area contributed by atoms with Crippen LogP contribution in [0.3, 0.4) is 0 Å². The number of hydrogen-bond acceptors (Lipinski definition) is 13. The van der Waals surface area contributed by atoms with Crippen molar-refractivity contribution in [3.8, 4) is 40.7 Å². The van der Waals surface area contributed by atoms with Crippen LogP contribution in [0.1, 0.15) is 217 Å². The molecule has 0 bridgehead atoms. The second-order valence-electron chi connectivity index (χ2n) is 23.3. The Morgan fingerprint density at radius 3 is 1.46 bits per heavy atom. The fourth-order valence-corrected chi connectivity index (χ4v) is 27.4. The number of fused-ring (bicyclic) bond motifs is 4. The van der Waals surface area contributed by atoms with E-state index >= 15 is 8.78 Å². The lowest BCUT2D eigenvalue weighted by Gasteiger charge is -2.35. The van der Waals surface area contributed by atoms with Crippen LogP contribution in [-0.4, -0.2) is 68.2 Å². The van der Waals surface area contributed by atoms with E-state index < -0.39 is 39.8 Å². The molecule has 20 heteroatoms. The van der Waals surface area contributed by atoms with Gasteiger partial charge in [0.25, 0.3) is 0 Å². The molecule has 7 rings (SSSR count). The average Bonchev–Trinajstić information content (AvgIpc) is 3.31. The molecule has 1 aliphatic heterocycles. The number of nitrogens with one attached hydrogen (secondary N) is 2. The van der Waals surface area contributed by atoms with Gasteiger partial charge in [-0.25, -0.2) is 45.0 Å². The first-order valence-electron chi connectivity index (χ1n) is 31.3. The van der Waals surface area contributed by atoms with Crippen molar-refractivity contribution >= 4 is 107 Å². The lowest BCUT2D eigenvalue weighted by molar-refractivity contribution is 0.469. The van der Waals surface area contributed by atoms with E-state index in [-0.39, 0.29) is 56.5 Å². The Balaban J connectivity index is 1.22. The Kier molecular flexibility index (Phi) is 26.6. The molecule has 0 saturated heterocycles. The van der Waals surface area contributed by atoms with E-state index in [0.717, 1.165) is 79.3 Å². The number of benzene rings is 1. The van der Waals surface area contributed by atoms with E-state index in [2.05, 4.69) is 78.8 Å². The molecule has 6 heterocycles. The van der Waals surface area contributed by atoms with E-state index in [4.69, 9.17) is 9.97 Å². The number of rotatable bonds is 41. The Bertz CT molecular complexity index is 3170. The predicted octanol–water partition coefficient (Wildman–Crippen LogP) is 17.8. The van der Waals surface area contributed by atoms with E-state index in [1.807, 2.05) is 18.3 Å². The van der Waals surface area contributed by atoms with E-state index in [1.165, 1.54) is 151 Å². The SMILES string of the molecule is CCCCCCCCCCNS(=O)(=O)CCc1nc(-c2c(F)c(F)c(-c3nc(CCS(=O)(=O)NCCCCCCCCCC)c(-c4cc5c(s4)-c4sc(C)cc4[Si]5(CC(CC)CCCC)CC(CC)CCCC)s3)c3nsnc23)sc1C. The minimum absolute atomic E-state index is 0.0865. The van der Waals surface area contributed by atoms with Gasteiger partial charge in [-0.1, -0.05) is 183 Å². The van der Waals surface area contributed by atoms with Crippen molar-refractivity contribution < 1.29 is 25.6 Å². The zero-order valence-electron chi connectivity index (χ0n) is 50.5. The van der Waals surface area contributed by atoms with Gasteiger partial charge >= 0.3 is 0 Å². The maximum absolute atomic E-state index is 17.4. The zero-order valence-corrected chi connectivity index (χ0v) is 57.2. The summed E-state index contributed by atoms with van der Waals surface area (Å²) < 4.78 is 103. The van der Waals surface area contributed by atoms with Crippen LogP contribution in [0.25, 0.3) is 51.7 Å². The van der Waals surface area contributed by atoms with Crippen LogP contribution < -0.4 is 19.8 Å². The van der Waals surface area contributed by atoms with Gasteiger partial charge in [0.1, 0.15) is 29.1 Å². The standard InChI is InChI=1S/C62H94F2N6O4S7Si/c1-9-15-19-21-23-25-27-29-35-65-80(71,72)37-33-47-44(8)76-61(67-47)52-54(63)55(64)53(57-56(52)69-79-70-57)62-68-48(34-38-81(73,74)66-36-30-28-26-24-22-20-16-10-2)58(78-62)49-40-51-60(77-49)59-50(39-43(7)75-59)82(51,41-45(13-5)31-17-11-3)42-46(14-6)32-18-12-4/h39-40,45-46,65-66H,9-38,41-42H2,1-8H3. The smallest absolute Gasteiger partial charge is 0.211 e. The van der Waals surface area contributed by atoms with Crippen LogP contribution in [0, 0.1) is 37.3 Å². The Hall–Kier alpha value is -2.40. The maximum Gasteiger partial charge on any atom is 0.211 e. The van der Waals surface area contributed by atoms with Crippen molar-refractivity contribution in [1.29, 1.82) is 0 Å². The number of unbranched alkanes of at least 4 members (excludes halogenated alkanes) is 16. The van der Waals surface area contributed by atoms with E-state index in [1.54, 1.807) is 16.5 Å². The van der Waals surface area contributed by atoms with Crippen molar-refractivity contribution in [3.05, 3.63) is 44.9 Å². The van der Waals surface area contributed by atoms with Crippen molar-refractivity contribution in [2.75, 3.05) is 24.6 Å². The highest BCUT2D eigenvalue weighted by atomic mass is 32.2. The molecule has 10 nitrogen and oxygen atoms in total. The molecular formula is C62H94F2N6O4S7Si. The summed E-state index contributed by atoms with van der Waals surface area (Å²) in [5.41, 5.74) is 1.13. The van der Waals surface area contributed by atoms with E-state index in [9.17, 15) is 16.8 Å². The van der Waals surface area contributed by atoms with Gasteiger partial charge in [0.05, 0.1) is 50.6 Å². The van der Waals surface area contributed by atoms with Gasteiger partial charge in [-0.3, -0.25) is 0 Å². The Labute approximate surface area is 512 Å². The summed E-state index contributed by atoms with van der Waals surface area (Å²) in [7, 11) is -9.68. The second kappa shape index (κ2) is 32.5. The third-order valence-corrected chi connectivity index (χ3v) is 30.7. The summed E-state index contributed by atoms with van der Waals surface area (Å²) in [5, 5.41) is 3.50. The van der Waals surface area contributed by atoms with E-state index in [0.29, 0.717) is 41.2 Å². The lowest BCUT2D eigenvalue weighted by Crippen LogP contribution is -2.56. The van der Waals surface area contributed by atoms with Gasteiger partial charge in [-0.15, -0.1) is 45.3 Å². The minimum atomic E-state index is -3.71. The quantitative estimate of drug-likeness (QED) is 0.0285. The predicted molar refractivity (Wildman–Crippen MR) is 353 cm³/mol. The average molecular weight is 1280 g/mol. The first kappa shape index (κ1) is 67.1. The molecule has 456 valence electrons. The monoisotopic (exact) mass is 1280 g/mol. The van der Waals surface area contributed by atoms with Crippen molar-refractivity contribution in [1.82, 2.24) is 28.2 Å². The van der Waals surface area contributed by atoms with Gasteiger partial charge in [-0.05, 0) is 73.1 Å². The second-order valence-corrected chi connectivity index (χ2v) is 36.3. The number of thiophene rings is 2. The van der Waals surface area contributed by atoms with Crippen LogP contribution in [0.4, 0.5) is 8.78 Å². The number of thiazole rings is 2. The number of aromatic nitrogens is 4. The fraction of sp³-hybridized carbons (Fsp3) is 0.677. The van der Waals surface area contributed by atoms with Crippen molar-refractivity contribution in [2.45, 2.75) is 234 Å². The Morgan fingerprint density at radius 1 is 0.524 bits per heavy atom. The molecule has 5 aromatic heterocycles. The zero-order chi connectivity index (χ0) is 58.9. The molecule has 0 saturated carbocycles. The molecular weight excluding hydrogens is 1180 g/mol. The first-order valence-corrected chi connectivity index (χ1v) is 41.1.